The summed E-state index contributed by atoms with van der Waals surface area (Å²) in [5.74, 6) is -1.80. The van der Waals surface area contributed by atoms with Crippen molar-refractivity contribution in [1.29, 1.82) is 0 Å². The summed E-state index contributed by atoms with van der Waals surface area (Å²) in [7, 11) is -3.91. The SMILES string of the molecule is C/C=C/CC(NC(=O)C(CC(C)C)NS(=O)(=O)c1ccc(C)cc1)C(=O)O. The molecule has 1 aromatic carbocycles. The van der Waals surface area contributed by atoms with Gasteiger partial charge in [0.25, 0.3) is 0 Å². The molecule has 0 bridgehead atoms. The first-order chi connectivity index (χ1) is 12.6. The summed E-state index contributed by atoms with van der Waals surface area (Å²) >= 11 is 0. The fourth-order valence-electron chi connectivity index (χ4n) is 2.42. The number of rotatable bonds is 10. The van der Waals surface area contributed by atoms with E-state index in [1.807, 2.05) is 20.8 Å². The van der Waals surface area contributed by atoms with E-state index in [-0.39, 0.29) is 23.7 Å². The van der Waals surface area contributed by atoms with Crippen molar-refractivity contribution in [1.82, 2.24) is 10.0 Å². The van der Waals surface area contributed by atoms with Gasteiger partial charge < -0.3 is 10.4 Å². The zero-order valence-electron chi connectivity index (χ0n) is 16.1. The van der Waals surface area contributed by atoms with Crippen LogP contribution in [0.5, 0.6) is 0 Å². The van der Waals surface area contributed by atoms with Crippen LogP contribution < -0.4 is 10.0 Å². The van der Waals surface area contributed by atoms with E-state index in [1.54, 1.807) is 31.2 Å². The monoisotopic (exact) mass is 396 g/mol. The highest BCUT2D eigenvalue weighted by Gasteiger charge is 2.29. The van der Waals surface area contributed by atoms with E-state index in [4.69, 9.17) is 0 Å². The lowest BCUT2D eigenvalue weighted by molar-refractivity contribution is -0.142. The Morgan fingerprint density at radius 3 is 2.22 bits per heavy atom. The molecule has 0 spiro atoms. The highest BCUT2D eigenvalue weighted by atomic mass is 32.2. The first-order valence-electron chi connectivity index (χ1n) is 8.80. The smallest absolute Gasteiger partial charge is 0.326 e. The van der Waals surface area contributed by atoms with Crippen molar-refractivity contribution in [2.75, 3.05) is 0 Å². The third kappa shape index (κ3) is 7.52. The van der Waals surface area contributed by atoms with Gasteiger partial charge in [-0.1, -0.05) is 43.7 Å². The van der Waals surface area contributed by atoms with E-state index in [9.17, 15) is 23.1 Å². The van der Waals surface area contributed by atoms with E-state index < -0.39 is 34.0 Å². The number of aryl methyl sites for hydroxylation is 1. The topological polar surface area (TPSA) is 113 Å². The number of benzene rings is 1. The fourth-order valence-corrected chi connectivity index (χ4v) is 3.63. The maximum absolute atomic E-state index is 12.6. The second-order valence-electron chi connectivity index (χ2n) is 6.82. The molecule has 0 saturated heterocycles. The number of aliphatic carboxylic acids is 1. The van der Waals surface area contributed by atoms with Gasteiger partial charge in [0, 0.05) is 0 Å². The lowest BCUT2D eigenvalue weighted by atomic mass is 10.0. The average molecular weight is 397 g/mol. The summed E-state index contributed by atoms with van der Waals surface area (Å²) in [6.07, 6.45) is 3.68. The first-order valence-corrected chi connectivity index (χ1v) is 10.3. The van der Waals surface area contributed by atoms with Gasteiger partial charge in [0.2, 0.25) is 15.9 Å². The molecule has 2 unspecified atom stereocenters. The van der Waals surface area contributed by atoms with Gasteiger partial charge in [0.15, 0.2) is 0 Å². The Hall–Kier alpha value is -2.19. The summed E-state index contributed by atoms with van der Waals surface area (Å²) in [5, 5.41) is 11.7. The number of sulfonamides is 1. The lowest BCUT2D eigenvalue weighted by Gasteiger charge is -2.22. The second kappa shape index (κ2) is 10.2. The van der Waals surface area contributed by atoms with Crippen LogP contribution in [0.4, 0.5) is 0 Å². The van der Waals surface area contributed by atoms with Gasteiger partial charge in [-0.05, 0) is 44.7 Å². The van der Waals surface area contributed by atoms with Crippen molar-refractivity contribution in [2.45, 2.75) is 57.5 Å². The summed E-state index contributed by atoms with van der Waals surface area (Å²) in [4.78, 5) is 24.0. The minimum atomic E-state index is -3.91. The first kappa shape index (κ1) is 22.9. The molecule has 8 heteroatoms. The van der Waals surface area contributed by atoms with Crippen molar-refractivity contribution in [3.05, 3.63) is 42.0 Å². The van der Waals surface area contributed by atoms with Crippen molar-refractivity contribution in [2.24, 2.45) is 5.92 Å². The van der Waals surface area contributed by atoms with Crippen molar-refractivity contribution in [3.8, 4) is 0 Å². The molecule has 0 aliphatic rings. The largest absolute Gasteiger partial charge is 0.480 e. The standard InChI is InChI=1S/C19H28N2O5S/c1-5-6-7-16(19(23)24)20-18(22)17(12-13(2)3)21-27(25,26)15-10-8-14(4)9-11-15/h5-6,8-11,13,16-17,21H,7,12H2,1-4H3,(H,20,22)(H,23,24)/b6-5+. The number of carbonyl (C=O) groups is 2. The van der Waals surface area contributed by atoms with Crippen molar-refractivity contribution in [3.63, 3.8) is 0 Å². The van der Waals surface area contributed by atoms with Gasteiger partial charge >= 0.3 is 5.97 Å². The van der Waals surface area contributed by atoms with Crippen LogP contribution in [-0.4, -0.2) is 37.5 Å². The van der Waals surface area contributed by atoms with E-state index >= 15 is 0 Å². The molecule has 0 fully saturated rings. The maximum Gasteiger partial charge on any atom is 0.326 e. The van der Waals surface area contributed by atoms with Gasteiger partial charge in [-0.25, -0.2) is 13.2 Å². The highest BCUT2D eigenvalue weighted by molar-refractivity contribution is 7.89. The van der Waals surface area contributed by atoms with Crippen LogP contribution in [0, 0.1) is 12.8 Å². The Labute approximate surface area is 160 Å². The van der Waals surface area contributed by atoms with Gasteiger partial charge in [-0.2, -0.15) is 4.72 Å². The van der Waals surface area contributed by atoms with Crippen LogP contribution >= 0.6 is 0 Å². The molecule has 27 heavy (non-hydrogen) atoms. The molecule has 0 radical (unpaired) electrons. The number of carbonyl (C=O) groups excluding carboxylic acids is 1. The van der Waals surface area contributed by atoms with Gasteiger partial charge in [0.1, 0.15) is 12.1 Å². The number of amides is 1. The van der Waals surface area contributed by atoms with Crippen molar-refractivity contribution >= 4 is 21.9 Å². The average Bonchev–Trinajstić information content (AvgIpc) is 2.57. The number of hydrogen-bond acceptors (Lipinski definition) is 4. The highest BCUT2D eigenvalue weighted by Crippen LogP contribution is 2.14. The Morgan fingerprint density at radius 1 is 1.15 bits per heavy atom. The fraction of sp³-hybridized carbons (Fsp3) is 0.474. The predicted octanol–water partition coefficient (Wildman–Crippen LogP) is 2.22. The van der Waals surface area contributed by atoms with Crippen LogP contribution in [0.2, 0.25) is 0 Å². The second-order valence-corrected chi connectivity index (χ2v) is 8.53. The van der Waals surface area contributed by atoms with Gasteiger partial charge in [0.05, 0.1) is 4.90 Å². The number of nitrogens with one attached hydrogen (secondary N) is 2. The summed E-state index contributed by atoms with van der Waals surface area (Å²) in [6, 6.07) is 4.09. The quantitative estimate of drug-likeness (QED) is 0.525. The van der Waals surface area contributed by atoms with Crippen LogP contribution in [0.25, 0.3) is 0 Å². The number of hydrogen-bond donors (Lipinski definition) is 3. The van der Waals surface area contributed by atoms with E-state index in [1.165, 1.54) is 12.1 Å². The molecule has 150 valence electrons. The number of carboxylic acid groups (broad SMARTS) is 1. The summed E-state index contributed by atoms with van der Waals surface area (Å²) in [5.41, 5.74) is 0.915. The molecular weight excluding hydrogens is 368 g/mol. The molecule has 7 nitrogen and oxygen atoms in total. The number of carboxylic acids is 1. The minimum absolute atomic E-state index is 0.0280. The molecule has 0 aromatic heterocycles. The molecular formula is C19H28N2O5S. The van der Waals surface area contributed by atoms with E-state index in [0.717, 1.165) is 5.56 Å². The minimum Gasteiger partial charge on any atom is -0.480 e. The molecule has 0 aliphatic carbocycles. The summed E-state index contributed by atoms with van der Waals surface area (Å²) < 4.78 is 27.6. The maximum atomic E-state index is 12.6. The molecule has 1 rings (SSSR count). The molecule has 0 aliphatic heterocycles. The Bertz CT molecular complexity index is 770. The Balaban J connectivity index is 3.01. The Morgan fingerprint density at radius 2 is 1.74 bits per heavy atom. The molecule has 2 atom stereocenters. The van der Waals surface area contributed by atoms with E-state index in [2.05, 4.69) is 10.0 Å². The Kier molecular flexibility index (Phi) is 8.65. The van der Waals surface area contributed by atoms with Crippen molar-refractivity contribution < 1.29 is 23.1 Å². The molecule has 3 N–H and O–H groups in total. The molecule has 1 amide bonds. The third-order valence-electron chi connectivity index (χ3n) is 3.87. The van der Waals surface area contributed by atoms with Crippen LogP contribution in [0.3, 0.4) is 0 Å². The van der Waals surface area contributed by atoms with Crippen LogP contribution in [-0.2, 0) is 19.6 Å². The molecule has 0 saturated carbocycles. The normalized spacial score (nSPS) is 14.3. The zero-order chi connectivity index (χ0) is 20.6. The van der Waals surface area contributed by atoms with E-state index in [0.29, 0.717) is 0 Å². The van der Waals surface area contributed by atoms with Gasteiger partial charge in [-0.3, -0.25) is 4.79 Å². The number of allylic oxidation sites excluding steroid dienone is 1. The van der Waals surface area contributed by atoms with Gasteiger partial charge in [-0.15, -0.1) is 0 Å². The third-order valence-corrected chi connectivity index (χ3v) is 5.36. The predicted molar refractivity (Wildman–Crippen MR) is 104 cm³/mol. The van der Waals surface area contributed by atoms with Crippen LogP contribution in [0.1, 0.15) is 39.2 Å². The lowest BCUT2D eigenvalue weighted by Crippen LogP contribution is -2.51. The van der Waals surface area contributed by atoms with Crippen LogP contribution in [0.15, 0.2) is 41.3 Å². The molecule has 1 aromatic rings. The molecule has 0 heterocycles. The summed E-state index contributed by atoms with van der Waals surface area (Å²) in [6.45, 7) is 7.30. The zero-order valence-corrected chi connectivity index (χ0v) is 16.9.